The molecule has 0 atom stereocenters. The van der Waals surface area contributed by atoms with Crippen molar-refractivity contribution in [1.29, 1.82) is 0 Å². The number of nitrogens with zero attached hydrogens (tertiary/aromatic N) is 2. The molecule has 3 rings (SSSR count). The van der Waals surface area contributed by atoms with Crippen molar-refractivity contribution in [2.24, 2.45) is 0 Å². The normalized spacial score (nSPS) is 11.4. The van der Waals surface area contributed by atoms with Gasteiger partial charge in [-0.3, -0.25) is 0 Å². The van der Waals surface area contributed by atoms with Crippen molar-refractivity contribution in [3.05, 3.63) is 35.1 Å². The zero-order valence-electron chi connectivity index (χ0n) is 8.91. The van der Waals surface area contributed by atoms with Crippen LogP contribution in [0, 0.1) is 19.7 Å². The Balaban J connectivity index is 2.58. The van der Waals surface area contributed by atoms with E-state index in [4.69, 9.17) is 0 Å². The molecule has 80 valence electrons. The molecule has 2 aromatic carbocycles. The average Bonchev–Trinajstić information content (AvgIpc) is 2.71. The zero-order chi connectivity index (χ0) is 11.3. The maximum atomic E-state index is 13.6. The SMILES string of the molecule is Cc1cc(F)c(C)c2cc3n[te]nc3cc12. The second kappa shape index (κ2) is 3.51. The van der Waals surface area contributed by atoms with Crippen molar-refractivity contribution in [1.82, 2.24) is 6.41 Å². The molecule has 0 saturated heterocycles. The molecule has 0 amide bonds. The van der Waals surface area contributed by atoms with Gasteiger partial charge in [-0.2, -0.15) is 0 Å². The van der Waals surface area contributed by atoms with E-state index >= 15 is 0 Å². The summed E-state index contributed by atoms with van der Waals surface area (Å²) in [5.74, 6) is -0.142. The van der Waals surface area contributed by atoms with Gasteiger partial charge in [-0.15, -0.1) is 0 Å². The summed E-state index contributed by atoms with van der Waals surface area (Å²) in [5, 5.41) is 2.05. The van der Waals surface area contributed by atoms with Crippen molar-refractivity contribution in [2.75, 3.05) is 0 Å². The Morgan fingerprint density at radius 2 is 1.62 bits per heavy atom. The number of hydrogen-bond acceptors (Lipinski definition) is 2. The van der Waals surface area contributed by atoms with Gasteiger partial charge in [0.25, 0.3) is 0 Å². The van der Waals surface area contributed by atoms with Gasteiger partial charge in [0.05, 0.1) is 0 Å². The van der Waals surface area contributed by atoms with Crippen molar-refractivity contribution in [3.8, 4) is 0 Å². The van der Waals surface area contributed by atoms with Crippen LogP contribution in [0.3, 0.4) is 0 Å². The van der Waals surface area contributed by atoms with Crippen LogP contribution in [0.5, 0.6) is 0 Å². The summed E-state index contributed by atoms with van der Waals surface area (Å²) >= 11 is -0.589. The molecule has 2 nitrogen and oxygen atoms in total. The van der Waals surface area contributed by atoms with Crippen molar-refractivity contribution < 1.29 is 4.39 Å². The molecule has 0 bridgehead atoms. The Morgan fingerprint density at radius 1 is 1.00 bits per heavy atom. The molecule has 0 radical (unpaired) electrons. The molecular weight excluding hydrogens is 319 g/mol. The zero-order valence-corrected chi connectivity index (χ0v) is 11.2. The van der Waals surface area contributed by atoms with Crippen LogP contribution < -0.4 is 0 Å². The Labute approximate surface area is 102 Å². The van der Waals surface area contributed by atoms with Crippen LogP contribution in [-0.4, -0.2) is 27.4 Å². The third-order valence-corrected chi connectivity index (χ3v) is 4.51. The molecule has 0 N–H and O–H groups in total. The van der Waals surface area contributed by atoms with E-state index in [0.717, 1.165) is 27.4 Å². The predicted octanol–water partition coefficient (Wildman–Crippen LogP) is 2.60. The number of hydrogen-bond donors (Lipinski definition) is 0. The number of fused-ring (bicyclic) bond motifs is 2. The first kappa shape index (κ1) is 10.2. The molecule has 1 heterocycles. The second-order valence-corrected chi connectivity index (χ2v) is 5.46. The van der Waals surface area contributed by atoms with Crippen LogP contribution in [0.25, 0.3) is 21.8 Å². The van der Waals surface area contributed by atoms with Gasteiger partial charge >= 0.3 is 103 Å². The van der Waals surface area contributed by atoms with E-state index in [1.807, 2.05) is 26.0 Å². The maximum absolute atomic E-state index is 13.6. The molecule has 0 spiro atoms. The predicted molar refractivity (Wildman–Crippen MR) is 63.4 cm³/mol. The molecule has 0 aliphatic carbocycles. The fraction of sp³-hybridized carbons (Fsp3) is 0.167. The quantitative estimate of drug-likeness (QED) is 0.593. The first-order valence-corrected chi connectivity index (χ1v) is 7.07. The summed E-state index contributed by atoms with van der Waals surface area (Å²) in [6, 6.07) is 5.60. The Morgan fingerprint density at radius 3 is 2.31 bits per heavy atom. The van der Waals surface area contributed by atoms with Crippen LogP contribution in [-0.2, 0) is 0 Å². The van der Waals surface area contributed by atoms with Crippen LogP contribution in [0.15, 0.2) is 18.2 Å². The Hall–Kier alpha value is -0.980. The summed E-state index contributed by atoms with van der Waals surface area (Å²) in [5.41, 5.74) is 3.57. The van der Waals surface area contributed by atoms with Crippen molar-refractivity contribution in [3.63, 3.8) is 0 Å². The van der Waals surface area contributed by atoms with Gasteiger partial charge < -0.3 is 0 Å². The molecule has 0 saturated carbocycles. The summed E-state index contributed by atoms with van der Waals surface area (Å²) in [6.07, 6.45) is 0. The molecule has 0 aliphatic rings. The minimum absolute atomic E-state index is 0.142. The van der Waals surface area contributed by atoms with Crippen LogP contribution in [0.1, 0.15) is 11.1 Å². The van der Waals surface area contributed by atoms with Crippen LogP contribution >= 0.6 is 0 Å². The topological polar surface area (TPSA) is 25.8 Å². The first-order chi connectivity index (χ1) is 7.66. The van der Waals surface area contributed by atoms with E-state index < -0.39 is 21.0 Å². The molecule has 3 aromatic rings. The van der Waals surface area contributed by atoms with E-state index in [9.17, 15) is 4.39 Å². The van der Waals surface area contributed by atoms with E-state index in [1.165, 1.54) is 0 Å². The van der Waals surface area contributed by atoms with E-state index in [1.54, 1.807) is 6.07 Å². The fourth-order valence-corrected chi connectivity index (χ4v) is 3.43. The molecule has 0 fully saturated rings. The fourth-order valence-electron chi connectivity index (χ4n) is 1.97. The molecule has 16 heavy (non-hydrogen) atoms. The van der Waals surface area contributed by atoms with Gasteiger partial charge in [-0.05, 0) is 0 Å². The second-order valence-electron chi connectivity index (χ2n) is 3.95. The number of benzene rings is 2. The third-order valence-electron chi connectivity index (χ3n) is 2.92. The average molecular weight is 328 g/mol. The molecule has 1 aromatic heterocycles. The third kappa shape index (κ3) is 1.37. The van der Waals surface area contributed by atoms with Gasteiger partial charge in [0, 0.05) is 0 Å². The van der Waals surface area contributed by atoms with E-state index in [2.05, 4.69) is 6.41 Å². The molecule has 0 unspecified atom stereocenters. The summed E-state index contributed by atoms with van der Waals surface area (Å²) in [4.78, 5) is 0. The standard InChI is InChI=1S/C12H9FN2Te/c1-6-3-10(13)7(2)9-5-12-11(4-8(6)9)14-16-15-12/h3-5H,1-2H3. The summed E-state index contributed by atoms with van der Waals surface area (Å²) in [6.45, 7) is 3.74. The van der Waals surface area contributed by atoms with Gasteiger partial charge in [0.1, 0.15) is 0 Å². The number of halogens is 1. The Kier molecular flexibility index (Phi) is 2.24. The van der Waals surface area contributed by atoms with Gasteiger partial charge in [-0.25, -0.2) is 0 Å². The van der Waals surface area contributed by atoms with E-state index in [-0.39, 0.29) is 5.82 Å². The number of rotatable bonds is 0. The minimum atomic E-state index is -0.589. The monoisotopic (exact) mass is 330 g/mol. The Bertz CT molecular complexity index is 703. The van der Waals surface area contributed by atoms with Crippen molar-refractivity contribution in [2.45, 2.75) is 13.8 Å². The molecule has 0 aliphatic heterocycles. The van der Waals surface area contributed by atoms with Gasteiger partial charge in [0.2, 0.25) is 0 Å². The molecule has 4 heteroatoms. The van der Waals surface area contributed by atoms with E-state index in [0.29, 0.717) is 5.56 Å². The summed E-state index contributed by atoms with van der Waals surface area (Å²) in [7, 11) is 0. The van der Waals surface area contributed by atoms with Crippen molar-refractivity contribution >= 4 is 42.8 Å². The van der Waals surface area contributed by atoms with Gasteiger partial charge in [0.15, 0.2) is 0 Å². The van der Waals surface area contributed by atoms with Crippen LogP contribution in [0.4, 0.5) is 4.39 Å². The number of aromatic nitrogens is 2. The molecular formula is C12H9FN2Te. The van der Waals surface area contributed by atoms with Crippen LogP contribution in [0.2, 0.25) is 0 Å². The van der Waals surface area contributed by atoms with Gasteiger partial charge in [-0.1, -0.05) is 0 Å². The summed E-state index contributed by atoms with van der Waals surface area (Å²) < 4.78 is 22.4. The number of aryl methyl sites for hydroxylation is 2. The first-order valence-electron chi connectivity index (χ1n) is 4.98.